The van der Waals surface area contributed by atoms with Gasteiger partial charge in [0.1, 0.15) is 0 Å². The van der Waals surface area contributed by atoms with Crippen LogP contribution in [0.3, 0.4) is 0 Å². The van der Waals surface area contributed by atoms with Gasteiger partial charge in [0.05, 0.1) is 6.07 Å². The maximum Gasteiger partial charge on any atom is 0.0621 e. The maximum absolute atomic E-state index is 8.48. The molecule has 0 saturated carbocycles. The van der Waals surface area contributed by atoms with E-state index in [0.29, 0.717) is 6.42 Å². The Kier molecular flexibility index (Phi) is 7.20. The van der Waals surface area contributed by atoms with Gasteiger partial charge in [0.15, 0.2) is 0 Å². The standard InChI is InChI=1S/C13H25N3/c1-2-16(10-5-3-4-8-14)12-13-7-6-9-15-11-13/h13,15H,2-7,9-12H2,1H3. The summed E-state index contributed by atoms with van der Waals surface area (Å²) in [5.74, 6) is 0.838. The van der Waals surface area contributed by atoms with Gasteiger partial charge in [-0.05, 0) is 57.8 Å². The average molecular weight is 223 g/mol. The zero-order chi connectivity index (χ0) is 11.6. The van der Waals surface area contributed by atoms with Crippen molar-refractivity contribution in [2.75, 3.05) is 32.7 Å². The van der Waals surface area contributed by atoms with E-state index in [1.807, 2.05) is 0 Å². The fourth-order valence-electron chi connectivity index (χ4n) is 2.36. The van der Waals surface area contributed by atoms with Crippen molar-refractivity contribution in [2.24, 2.45) is 5.92 Å². The van der Waals surface area contributed by atoms with Crippen molar-refractivity contribution in [3.63, 3.8) is 0 Å². The molecule has 0 radical (unpaired) electrons. The van der Waals surface area contributed by atoms with Crippen molar-refractivity contribution in [3.8, 4) is 6.07 Å². The number of hydrogen-bond donors (Lipinski definition) is 1. The number of nitrogens with zero attached hydrogens (tertiary/aromatic N) is 2. The topological polar surface area (TPSA) is 39.1 Å². The monoisotopic (exact) mass is 223 g/mol. The zero-order valence-electron chi connectivity index (χ0n) is 10.5. The summed E-state index contributed by atoms with van der Waals surface area (Å²) in [7, 11) is 0. The van der Waals surface area contributed by atoms with E-state index in [2.05, 4.69) is 23.2 Å². The van der Waals surface area contributed by atoms with Gasteiger partial charge in [0.2, 0.25) is 0 Å². The van der Waals surface area contributed by atoms with Gasteiger partial charge in [-0.25, -0.2) is 0 Å². The molecule has 3 heteroatoms. The number of piperidine rings is 1. The molecule has 1 aliphatic rings. The van der Waals surface area contributed by atoms with Gasteiger partial charge >= 0.3 is 0 Å². The molecule has 1 atom stereocenters. The fourth-order valence-corrected chi connectivity index (χ4v) is 2.36. The summed E-state index contributed by atoms with van der Waals surface area (Å²) in [4.78, 5) is 2.54. The minimum absolute atomic E-state index is 0.711. The Morgan fingerprint density at radius 3 is 2.94 bits per heavy atom. The molecule has 0 aliphatic carbocycles. The lowest BCUT2D eigenvalue weighted by Crippen LogP contribution is -2.38. The Bertz CT molecular complexity index is 204. The average Bonchev–Trinajstić information content (AvgIpc) is 2.34. The summed E-state index contributed by atoms with van der Waals surface area (Å²) in [6.07, 6.45) is 5.64. The van der Waals surface area contributed by atoms with Crippen LogP contribution in [-0.4, -0.2) is 37.6 Å². The van der Waals surface area contributed by atoms with Gasteiger partial charge in [-0.1, -0.05) is 6.92 Å². The van der Waals surface area contributed by atoms with Gasteiger partial charge in [0, 0.05) is 13.0 Å². The summed E-state index contributed by atoms with van der Waals surface area (Å²) >= 11 is 0. The number of nitriles is 1. The quantitative estimate of drug-likeness (QED) is 0.671. The molecule has 92 valence electrons. The predicted octanol–water partition coefficient (Wildman–Crippen LogP) is 2.00. The van der Waals surface area contributed by atoms with Crippen molar-refractivity contribution in [1.82, 2.24) is 10.2 Å². The van der Waals surface area contributed by atoms with Gasteiger partial charge in [-0.15, -0.1) is 0 Å². The first kappa shape index (κ1) is 13.5. The van der Waals surface area contributed by atoms with E-state index in [1.54, 1.807) is 0 Å². The first-order chi connectivity index (χ1) is 7.86. The Hall–Kier alpha value is -0.590. The second kappa shape index (κ2) is 8.55. The summed E-state index contributed by atoms with van der Waals surface area (Å²) in [5.41, 5.74) is 0. The van der Waals surface area contributed by atoms with Crippen molar-refractivity contribution in [2.45, 2.75) is 39.0 Å². The van der Waals surface area contributed by atoms with E-state index >= 15 is 0 Å². The van der Waals surface area contributed by atoms with Gasteiger partial charge in [0.25, 0.3) is 0 Å². The van der Waals surface area contributed by atoms with E-state index < -0.39 is 0 Å². The number of unbranched alkanes of at least 4 members (excludes halogenated alkanes) is 2. The molecule has 0 aromatic carbocycles. The highest BCUT2D eigenvalue weighted by molar-refractivity contribution is 4.73. The minimum Gasteiger partial charge on any atom is -0.316 e. The molecular formula is C13H25N3. The lowest BCUT2D eigenvalue weighted by Gasteiger charge is -2.29. The van der Waals surface area contributed by atoms with Crippen molar-refractivity contribution in [3.05, 3.63) is 0 Å². The molecule has 0 spiro atoms. The molecule has 1 fully saturated rings. The maximum atomic E-state index is 8.48. The van der Waals surface area contributed by atoms with Gasteiger partial charge < -0.3 is 10.2 Å². The van der Waals surface area contributed by atoms with Crippen molar-refractivity contribution in [1.29, 1.82) is 5.26 Å². The Morgan fingerprint density at radius 2 is 2.31 bits per heavy atom. The molecule has 1 aliphatic heterocycles. The largest absolute Gasteiger partial charge is 0.316 e. The second-order valence-electron chi connectivity index (χ2n) is 4.72. The fraction of sp³-hybridized carbons (Fsp3) is 0.923. The minimum atomic E-state index is 0.711. The third-order valence-electron chi connectivity index (χ3n) is 3.38. The van der Waals surface area contributed by atoms with Crippen LogP contribution in [-0.2, 0) is 0 Å². The molecule has 1 unspecified atom stereocenters. The number of rotatable bonds is 7. The van der Waals surface area contributed by atoms with Crippen molar-refractivity contribution < 1.29 is 0 Å². The van der Waals surface area contributed by atoms with Crippen LogP contribution >= 0.6 is 0 Å². The zero-order valence-corrected chi connectivity index (χ0v) is 10.5. The smallest absolute Gasteiger partial charge is 0.0621 e. The lowest BCUT2D eigenvalue weighted by atomic mass is 9.99. The normalized spacial score (nSPS) is 20.9. The van der Waals surface area contributed by atoms with Crippen LogP contribution in [0.4, 0.5) is 0 Å². The van der Waals surface area contributed by atoms with E-state index in [9.17, 15) is 0 Å². The SMILES string of the molecule is CCN(CCCCC#N)CC1CCCNC1. The highest BCUT2D eigenvalue weighted by Crippen LogP contribution is 2.12. The molecule has 1 heterocycles. The summed E-state index contributed by atoms with van der Waals surface area (Å²) in [6.45, 7) is 8.16. The van der Waals surface area contributed by atoms with E-state index in [0.717, 1.165) is 25.4 Å². The molecular weight excluding hydrogens is 198 g/mol. The highest BCUT2D eigenvalue weighted by Gasteiger charge is 2.15. The number of nitrogens with one attached hydrogen (secondary N) is 1. The molecule has 0 aromatic heterocycles. The van der Waals surface area contributed by atoms with Gasteiger partial charge in [-0.3, -0.25) is 0 Å². The van der Waals surface area contributed by atoms with Crippen LogP contribution in [0.2, 0.25) is 0 Å². The first-order valence-electron chi connectivity index (χ1n) is 6.66. The van der Waals surface area contributed by atoms with E-state index in [4.69, 9.17) is 5.26 Å². The second-order valence-corrected chi connectivity index (χ2v) is 4.72. The molecule has 0 amide bonds. The molecule has 0 aromatic rings. The lowest BCUT2D eigenvalue weighted by molar-refractivity contribution is 0.213. The van der Waals surface area contributed by atoms with Crippen LogP contribution in [0.15, 0.2) is 0 Å². The van der Waals surface area contributed by atoms with Crippen LogP contribution in [0.25, 0.3) is 0 Å². The van der Waals surface area contributed by atoms with Crippen LogP contribution < -0.4 is 5.32 Å². The highest BCUT2D eigenvalue weighted by atomic mass is 15.1. The molecule has 0 bridgehead atoms. The van der Waals surface area contributed by atoms with Crippen LogP contribution in [0.5, 0.6) is 0 Å². The molecule has 3 nitrogen and oxygen atoms in total. The predicted molar refractivity (Wildman–Crippen MR) is 67.2 cm³/mol. The third-order valence-corrected chi connectivity index (χ3v) is 3.38. The molecule has 16 heavy (non-hydrogen) atoms. The van der Waals surface area contributed by atoms with Crippen molar-refractivity contribution >= 4 is 0 Å². The molecule has 1 rings (SSSR count). The van der Waals surface area contributed by atoms with Crippen LogP contribution in [0.1, 0.15) is 39.0 Å². The summed E-state index contributed by atoms with van der Waals surface area (Å²) in [6, 6.07) is 2.21. The summed E-state index contributed by atoms with van der Waals surface area (Å²) < 4.78 is 0. The Labute approximate surface area is 99.8 Å². The Morgan fingerprint density at radius 1 is 1.44 bits per heavy atom. The van der Waals surface area contributed by atoms with E-state index in [1.165, 1.54) is 38.9 Å². The van der Waals surface area contributed by atoms with E-state index in [-0.39, 0.29) is 0 Å². The molecule has 1 N–H and O–H groups in total. The van der Waals surface area contributed by atoms with Gasteiger partial charge in [-0.2, -0.15) is 5.26 Å². The third kappa shape index (κ3) is 5.48. The summed E-state index contributed by atoms with van der Waals surface area (Å²) in [5, 5.41) is 11.9. The Balaban J connectivity index is 2.12. The van der Waals surface area contributed by atoms with Crippen LogP contribution in [0, 0.1) is 17.2 Å². The molecule has 1 saturated heterocycles. The first-order valence-corrected chi connectivity index (χ1v) is 6.66. The number of hydrogen-bond acceptors (Lipinski definition) is 3.